The van der Waals surface area contributed by atoms with Crippen LogP contribution in [-0.2, 0) is 28.3 Å². The second kappa shape index (κ2) is 14.2. The maximum atomic E-state index is 13.6. The molecule has 0 aliphatic rings. The molecule has 0 saturated carbocycles. The molecule has 4 nitrogen and oxygen atoms in total. The van der Waals surface area contributed by atoms with Gasteiger partial charge in [0.15, 0.2) is 0 Å². The SMILES string of the molecule is CCNC(=O)[C@H](Cc1ccccc1)N(Cc1ccc(Cl)c(Cl)c1)C(=O)CSCc1ccc(Cl)c(Cl)c1. The summed E-state index contributed by atoms with van der Waals surface area (Å²) in [6.07, 6.45) is 0.386. The summed E-state index contributed by atoms with van der Waals surface area (Å²) < 4.78 is 0. The molecule has 0 aliphatic heterocycles. The quantitative estimate of drug-likeness (QED) is 0.257. The molecule has 1 N–H and O–H groups in total. The summed E-state index contributed by atoms with van der Waals surface area (Å²) in [4.78, 5) is 28.4. The van der Waals surface area contributed by atoms with E-state index in [-0.39, 0.29) is 24.1 Å². The fourth-order valence-electron chi connectivity index (χ4n) is 3.65. The van der Waals surface area contributed by atoms with Crippen LogP contribution < -0.4 is 5.32 Å². The maximum absolute atomic E-state index is 13.6. The zero-order valence-corrected chi connectivity index (χ0v) is 23.5. The van der Waals surface area contributed by atoms with Crippen LogP contribution >= 0.6 is 58.2 Å². The first-order valence-electron chi connectivity index (χ1n) is 11.3. The number of benzene rings is 3. The maximum Gasteiger partial charge on any atom is 0.243 e. The Morgan fingerprint density at radius 3 is 2.06 bits per heavy atom. The number of nitrogens with zero attached hydrogens (tertiary/aromatic N) is 1. The Balaban J connectivity index is 1.84. The molecule has 36 heavy (non-hydrogen) atoms. The lowest BCUT2D eigenvalue weighted by Crippen LogP contribution is -2.51. The van der Waals surface area contributed by atoms with E-state index in [1.54, 1.807) is 29.2 Å². The number of likely N-dealkylation sites (N-methyl/N-ethyl adjacent to an activating group) is 1. The third-order valence-corrected chi connectivity index (χ3v) is 7.90. The lowest BCUT2D eigenvalue weighted by molar-refractivity contribution is -0.139. The van der Waals surface area contributed by atoms with Crippen LogP contribution in [0.1, 0.15) is 23.6 Å². The minimum atomic E-state index is -0.695. The minimum Gasteiger partial charge on any atom is -0.355 e. The van der Waals surface area contributed by atoms with Gasteiger partial charge in [0.05, 0.1) is 25.8 Å². The van der Waals surface area contributed by atoms with Crippen molar-refractivity contribution in [3.63, 3.8) is 0 Å². The smallest absolute Gasteiger partial charge is 0.243 e. The summed E-state index contributed by atoms with van der Waals surface area (Å²) in [5, 5.41) is 4.67. The van der Waals surface area contributed by atoms with Crippen molar-refractivity contribution in [3.8, 4) is 0 Å². The van der Waals surface area contributed by atoms with Crippen LogP contribution in [0, 0.1) is 0 Å². The van der Waals surface area contributed by atoms with Crippen LogP contribution in [0.3, 0.4) is 0 Å². The summed E-state index contributed by atoms with van der Waals surface area (Å²) >= 11 is 25.9. The van der Waals surface area contributed by atoms with Crippen molar-refractivity contribution < 1.29 is 9.59 Å². The summed E-state index contributed by atoms with van der Waals surface area (Å²) in [7, 11) is 0. The van der Waals surface area contributed by atoms with Crippen molar-refractivity contribution >= 4 is 70.0 Å². The molecule has 3 aromatic carbocycles. The number of hydrogen-bond acceptors (Lipinski definition) is 3. The molecule has 2 amide bonds. The van der Waals surface area contributed by atoms with E-state index in [2.05, 4.69) is 5.32 Å². The summed E-state index contributed by atoms with van der Waals surface area (Å²) in [5.74, 6) is 0.405. The van der Waals surface area contributed by atoms with Crippen LogP contribution in [0.2, 0.25) is 20.1 Å². The Kier molecular flexibility index (Phi) is 11.3. The molecule has 0 saturated heterocycles. The molecule has 0 aromatic heterocycles. The zero-order valence-electron chi connectivity index (χ0n) is 19.6. The highest BCUT2D eigenvalue weighted by Crippen LogP contribution is 2.26. The van der Waals surface area contributed by atoms with Gasteiger partial charge in [0.25, 0.3) is 0 Å². The number of halogens is 4. The molecule has 0 bridgehead atoms. The van der Waals surface area contributed by atoms with Crippen molar-refractivity contribution in [3.05, 3.63) is 104 Å². The first-order chi connectivity index (χ1) is 17.3. The third-order valence-electron chi connectivity index (χ3n) is 5.44. The molecule has 0 radical (unpaired) electrons. The number of amides is 2. The number of hydrogen-bond donors (Lipinski definition) is 1. The monoisotopic (exact) mass is 582 g/mol. The van der Waals surface area contributed by atoms with E-state index in [1.807, 2.05) is 49.4 Å². The molecule has 1 atom stereocenters. The number of thioether (sulfide) groups is 1. The molecule has 0 aliphatic carbocycles. The largest absolute Gasteiger partial charge is 0.355 e. The van der Waals surface area contributed by atoms with Crippen molar-refractivity contribution in [2.75, 3.05) is 12.3 Å². The highest BCUT2D eigenvalue weighted by Gasteiger charge is 2.30. The fraction of sp³-hybridized carbons (Fsp3) is 0.259. The average molecular weight is 584 g/mol. The van der Waals surface area contributed by atoms with Crippen LogP contribution in [0.5, 0.6) is 0 Å². The van der Waals surface area contributed by atoms with Gasteiger partial charge in [-0.3, -0.25) is 9.59 Å². The van der Waals surface area contributed by atoms with Gasteiger partial charge in [-0.2, -0.15) is 0 Å². The molecule has 9 heteroatoms. The Bertz CT molecular complexity index is 1190. The average Bonchev–Trinajstić information content (AvgIpc) is 2.86. The summed E-state index contributed by atoms with van der Waals surface area (Å²) in [6.45, 7) is 2.54. The zero-order chi connectivity index (χ0) is 26.1. The summed E-state index contributed by atoms with van der Waals surface area (Å²) in [5.41, 5.74) is 2.71. The second-order valence-corrected chi connectivity index (χ2v) is 10.7. The lowest BCUT2D eigenvalue weighted by atomic mass is 10.0. The normalized spacial score (nSPS) is 11.7. The summed E-state index contributed by atoms with van der Waals surface area (Å²) in [6, 6.07) is 19.6. The van der Waals surface area contributed by atoms with Crippen LogP contribution in [0.4, 0.5) is 0 Å². The highest BCUT2D eigenvalue weighted by molar-refractivity contribution is 7.99. The van der Waals surface area contributed by atoms with Gasteiger partial charge >= 0.3 is 0 Å². The van der Waals surface area contributed by atoms with E-state index in [0.717, 1.165) is 16.7 Å². The van der Waals surface area contributed by atoms with Crippen LogP contribution in [0.15, 0.2) is 66.7 Å². The number of carbonyl (C=O) groups excluding carboxylic acids is 2. The van der Waals surface area contributed by atoms with Crippen LogP contribution in [0.25, 0.3) is 0 Å². The molecule has 3 aromatic rings. The van der Waals surface area contributed by atoms with Crippen molar-refractivity contribution in [1.29, 1.82) is 0 Å². The van der Waals surface area contributed by atoms with Gasteiger partial charge in [-0.15, -0.1) is 11.8 Å². The number of rotatable bonds is 11. The predicted octanol–water partition coefficient (Wildman–Crippen LogP) is 7.31. The van der Waals surface area contributed by atoms with E-state index >= 15 is 0 Å². The van der Waals surface area contributed by atoms with Gasteiger partial charge in [-0.25, -0.2) is 0 Å². The standard InChI is InChI=1S/C27H26Cl4N2O2S/c1-2-32-27(35)25(14-18-6-4-3-5-7-18)33(15-19-8-10-21(28)23(30)12-19)26(34)17-36-16-20-9-11-22(29)24(31)13-20/h3-13,25H,2,14-17H2,1H3,(H,32,35)/t25-/m0/s1. The third kappa shape index (κ3) is 8.32. The fourth-order valence-corrected chi connectivity index (χ4v) is 5.15. The van der Waals surface area contributed by atoms with E-state index < -0.39 is 6.04 Å². The Hall–Kier alpha value is -1.89. The Labute approximate surface area is 236 Å². The van der Waals surface area contributed by atoms with Crippen LogP contribution in [-0.4, -0.2) is 35.1 Å². The molecule has 0 heterocycles. The topological polar surface area (TPSA) is 49.4 Å². The van der Waals surface area contributed by atoms with Crippen molar-refractivity contribution in [1.82, 2.24) is 10.2 Å². The van der Waals surface area contributed by atoms with E-state index in [9.17, 15) is 9.59 Å². The highest BCUT2D eigenvalue weighted by atomic mass is 35.5. The minimum absolute atomic E-state index is 0.154. The Morgan fingerprint density at radius 1 is 0.833 bits per heavy atom. The molecular weight excluding hydrogens is 558 g/mol. The van der Waals surface area contributed by atoms with Gasteiger partial charge in [0, 0.05) is 25.3 Å². The second-order valence-electron chi connectivity index (χ2n) is 8.11. The molecular formula is C27H26Cl4N2O2S. The van der Waals surface area contributed by atoms with Gasteiger partial charge in [0.2, 0.25) is 11.8 Å². The molecule has 0 unspecified atom stereocenters. The first kappa shape index (κ1) is 28.7. The van der Waals surface area contributed by atoms with E-state index in [0.29, 0.717) is 38.8 Å². The van der Waals surface area contributed by atoms with Gasteiger partial charge in [0.1, 0.15) is 6.04 Å². The first-order valence-corrected chi connectivity index (χ1v) is 14.0. The number of carbonyl (C=O) groups is 2. The molecule has 190 valence electrons. The molecule has 0 spiro atoms. The van der Waals surface area contributed by atoms with Crippen molar-refractivity contribution in [2.24, 2.45) is 0 Å². The Morgan fingerprint density at radius 2 is 1.44 bits per heavy atom. The number of nitrogens with one attached hydrogen (secondary N) is 1. The van der Waals surface area contributed by atoms with E-state index in [1.165, 1.54) is 11.8 Å². The predicted molar refractivity (Wildman–Crippen MR) is 152 cm³/mol. The van der Waals surface area contributed by atoms with Crippen molar-refractivity contribution in [2.45, 2.75) is 31.7 Å². The molecule has 0 fully saturated rings. The van der Waals surface area contributed by atoms with E-state index in [4.69, 9.17) is 46.4 Å². The van der Waals surface area contributed by atoms with Gasteiger partial charge in [-0.05, 0) is 47.9 Å². The molecule has 3 rings (SSSR count). The van der Waals surface area contributed by atoms with Gasteiger partial charge in [-0.1, -0.05) is 88.9 Å². The lowest BCUT2D eigenvalue weighted by Gasteiger charge is -2.31. The van der Waals surface area contributed by atoms with Gasteiger partial charge < -0.3 is 10.2 Å².